The molecule has 1 aliphatic heterocycles. The molecule has 7 heteroatoms. The molecule has 1 aliphatic rings. The maximum atomic E-state index is 12.1. The summed E-state index contributed by atoms with van der Waals surface area (Å²) >= 11 is 0. The van der Waals surface area contributed by atoms with Gasteiger partial charge in [0, 0.05) is 6.42 Å². The number of aromatic hydroxyl groups is 1. The maximum Gasteiger partial charge on any atom is 0.253 e. The molecule has 1 aromatic carbocycles. The van der Waals surface area contributed by atoms with Crippen molar-refractivity contribution in [2.75, 3.05) is 6.61 Å². The van der Waals surface area contributed by atoms with Gasteiger partial charge < -0.3 is 20.9 Å². The van der Waals surface area contributed by atoms with E-state index in [1.165, 1.54) is 19.1 Å². The average Bonchev–Trinajstić information content (AvgIpc) is 2.76. The molecular formula is C15H18N2O5. The molecule has 0 aromatic heterocycles. The quantitative estimate of drug-likeness (QED) is 0.643. The predicted octanol–water partition coefficient (Wildman–Crippen LogP) is -0.347. The molecule has 2 atom stereocenters. The highest BCUT2D eigenvalue weighted by Gasteiger charge is 2.55. The van der Waals surface area contributed by atoms with Crippen molar-refractivity contribution in [2.45, 2.75) is 31.4 Å². The third-order valence-electron chi connectivity index (χ3n) is 3.82. The molecule has 0 spiro atoms. The standard InChI is InChI=1S/C15H18N2O5/c1-9-15(14(16)21,12(19)8-22-9)17-13(20)7-4-10-2-5-11(18)6-3-10/h2-3,5-6,9,18H,4,7-8H2,1H3,(H2,16,21)(H,17,20). The summed E-state index contributed by atoms with van der Waals surface area (Å²) < 4.78 is 5.13. The van der Waals surface area contributed by atoms with E-state index in [1.54, 1.807) is 12.1 Å². The third kappa shape index (κ3) is 2.94. The number of aryl methyl sites for hydroxylation is 1. The smallest absolute Gasteiger partial charge is 0.253 e. The zero-order valence-electron chi connectivity index (χ0n) is 12.2. The minimum Gasteiger partial charge on any atom is -0.508 e. The number of amides is 2. The number of rotatable bonds is 5. The lowest BCUT2D eigenvalue weighted by molar-refractivity contribution is -0.139. The second-order valence-corrected chi connectivity index (χ2v) is 5.26. The third-order valence-corrected chi connectivity index (χ3v) is 3.82. The van der Waals surface area contributed by atoms with Crippen molar-refractivity contribution in [3.05, 3.63) is 29.8 Å². The van der Waals surface area contributed by atoms with Crippen LogP contribution < -0.4 is 11.1 Å². The Balaban J connectivity index is 2.02. The van der Waals surface area contributed by atoms with E-state index in [1.807, 2.05) is 0 Å². The molecule has 2 amide bonds. The molecule has 0 radical (unpaired) electrons. The van der Waals surface area contributed by atoms with Gasteiger partial charge in [-0.3, -0.25) is 14.4 Å². The van der Waals surface area contributed by atoms with E-state index < -0.39 is 29.2 Å². The highest BCUT2D eigenvalue weighted by Crippen LogP contribution is 2.23. The molecule has 2 unspecified atom stereocenters. The first-order valence-corrected chi connectivity index (χ1v) is 6.90. The fraction of sp³-hybridized carbons (Fsp3) is 0.400. The number of benzene rings is 1. The van der Waals surface area contributed by atoms with Crippen LogP contribution in [-0.4, -0.2) is 41.0 Å². The van der Waals surface area contributed by atoms with Crippen molar-refractivity contribution in [1.82, 2.24) is 5.32 Å². The van der Waals surface area contributed by atoms with Gasteiger partial charge in [0.15, 0.2) is 5.78 Å². The Morgan fingerprint density at radius 2 is 2.05 bits per heavy atom. The molecule has 1 aromatic rings. The summed E-state index contributed by atoms with van der Waals surface area (Å²) in [6, 6.07) is 6.43. The van der Waals surface area contributed by atoms with Crippen molar-refractivity contribution >= 4 is 17.6 Å². The minimum absolute atomic E-state index is 0.0831. The molecule has 4 N–H and O–H groups in total. The van der Waals surface area contributed by atoms with Crippen LogP contribution in [0.4, 0.5) is 0 Å². The Labute approximate surface area is 127 Å². The lowest BCUT2D eigenvalue weighted by Crippen LogP contribution is -2.65. The Hall–Kier alpha value is -2.41. The number of primary amides is 1. The van der Waals surface area contributed by atoms with Crippen LogP contribution in [0.3, 0.4) is 0 Å². The predicted molar refractivity (Wildman–Crippen MR) is 76.9 cm³/mol. The Morgan fingerprint density at radius 3 is 2.55 bits per heavy atom. The molecule has 22 heavy (non-hydrogen) atoms. The lowest BCUT2D eigenvalue weighted by Gasteiger charge is -2.28. The zero-order valence-corrected chi connectivity index (χ0v) is 12.2. The van der Waals surface area contributed by atoms with Gasteiger partial charge in [0.2, 0.25) is 11.4 Å². The number of phenolic OH excluding ortho intramolecular Hbond substituents is 1. The van der Waals surface area contributed by atoms with Crippen LogP contribution in [0.15, 0.2) is 24.3 Å². The maximum absolute atomic E-state index is 12.1. The largest absolute Gasteiger partial charge is 0.508 e. The van der Waals surface area contributed by atoms with E-state index in [2.05, 4.69) is 5.32 Å². The number of ketones is 1. The normalized spacial score (nSPS) is 24.2. The fourth-order valence-electron chi connectivity index (χ4n) is 2.44. The summed E-state index contributed by atoms with van der Waals surface area (Å²) in [4.78, 5) is 35.7. The highest BCUT2D eigenvalue weighted by atomic mass is 16.5. The topological polar surface area (TPSA) is 119 Å². The van der Waals surface area contributed by atoms with Crippen molar-refractivity contribution in [3.8, 4) is 5.75 Å². The molecular weight excluding hydrogens is 288 g/mol. The van der Waals surface area contributed by atoms with Gasteiger partial charge in [-0.25, -0.2) is 0 Å². The molecule has 7 nitrogen and oxygen atoms in total. The number of carbonyl (C=O) groups excluding carboxylic acids is 3. The number of carbonyl (C=O) groups is 3. The Kier molecular flexibility index (Phi) is 4.46. The van der Waals surface area contributed by atoms with E-state index in [4.69, 9.17) is 10.5 Å². The monoisotopic (exact) mass is 306 g/mol. The molecule has 0 aliphatic carbocycles. The first-order valence-electron chi connectivity index (χ1n) is 6.90. The minimum atomic E-state index is -1.79. The fourth-order valence-corrected chi connectivity index (χ4v) is 2.44. The Morgan fingerprint density at radius 1 is 1.41 bits per heavy atom. The van der Waals surface area contributed by atoms with Crippen LogP contribution >= 0.6 is 0 Å². The van der Waals surface area contributed by atoms with Crippen molar-refractivity contribution in [1.29, 1.82) is 0 Å². The number of nitrogens with one attached hydrogen (secondary N) is 1. The second-order valence-electron chi connectivity index (χ2n) is 5.26. The number of Topliss-reactive ketones (excluding diaryl/α,β-unsaturated/α-hetero) is 1. The molecule has 2 rings (SSSR count). The Bertz CT molecular complexity index is 598. The van der Waals surface area contributed by atoms with Crippen LogP contribution in [0, 0.1) is 0 Å². The van der Waals surface area contributed by atoms with Gasteiger partial charge in [-0.2, -0.15) is 0 Å². The van der Waals surface area contributed by atoms with Crippen LogP contribution in [0.2, 0.25) is 0 Å². The zero-order chi connectivity index (χ0) is 16.3. The highest BCUT2D eigenvalue weighted by molar-refractivity contribution is 6.14. The number of nitrogens with two attached hydrogens (primary N) is 1. The number of phenols is 1. The SMILES string of the molecule is CC1OCC(=O)C1(NC(=O)CCc1ccc(O)cc1)C(N)=O. The summed E-state index contributed by atoms with van der Waals surface area (Å²) in [5.41, 5.74) is 4.37. The summed E-state index contributed by atoms with van der Waals surface area (Å²) in [5, 5.41) is 11.6. The average molecular weight is 306 g/mol. The van der Waals surface area contributed by atoms with Crippen molar-refractivity contribution < 1.29 is 24.2 Å². The molecule has 0 saturated carbocycles. The van der Waals surface area contributed by atoms with Crippen molar-refractivity contribution in [2.24, 2.45) is 5.73 Å². The van der Waals surface area contributed by atoms with E-state index in [0.717, 1.165) is 5.56 Å². The molecule has 1 fully saturated rings. The van der Waals surface area contributed by atoms with Gasteiger partial charge in [-0.05, 0) is 31.0 Å². The van der Waals surface area contributed by atoms with Crippen LogP contribution in [0.1, 0.15) is 18.9 Å². The van der Waals surface area contributed by atoms with E-state index in [9.17, 15) is 19.5 Å². The van der Waals surface area contributed by atoms with E-state index in [0.29, 0.717) is 6.42 Å². The molecule has 1 saturated heterocycles. The molecule has 1 heterocycles. The van der Waals surface area contributed by atoms with Gasteiger partial charge in [-0.15, -0.1) is 0 Å². The van der Waals surface area contributed by atoms with Gasteiger partial charge in [0.05, 0.1) is 6.10 Å². The van der Waals surface area contributed by atoms with Gasteiger partial charge in [0.25, 0.3) is 5.91 Å². The van der Waals surface area contributed by atoms with Crippen molar-refractivity contribution in [3.63, 3.8) is 0 Å². The number of hydrogen-bond donors (Lipinski definition) is 3. The molecule has 0 bridgehead atoms. The van der Waals surface area contributed by atoms with Crippen LogP contribution in [-0.2, 0) is 25.5 Å². The summed E-state index contributed by atoms with van der Waals surface area (Å²) in [7, 11) is 0. The first kappa shape index (κ1) is 16.0. The molecule has 118 valence electrons. The van der Waals surface area contributed by atoms with E-state index >= 15 is 0 Å². The number of hydrogen-bond acceptors (Lipinski definition) is 5. The van der Waals surface area contributed by atoms with Crippen LogP contribution in [0.25, 0.3) is 0 Å². The van der Waals surface area contributed by atoms with Crippen LogP contribution in [0.5, 0.6) is 5.75 Å². The van der Waals surface area contributed by atoms with Gasteiger partial charge in [0.1, 0.15) is 12.4 Å². The first-order chi connectivity index (χ1) is 10.4. The summed E-state index contributed by atoms with van der Waals surface area (Å²) in [6.07, 6.45) is -0.306. The second kappa shape index (κ2) is 6.15. The number of ether oxygens (including phenoxy) is 1. The van der Waals surface area contributed by atoms with E-state index in [-0.39, 0.29) is 18.8 Å². The van der Waals surface area contributed by atoms with Gasteiger partial charge >= 0.3 is 0 Å². The van der Waals surface area contributed by atoms with Gasteiger partial charge in [-0.1, -0.05) is 12.1 Å². The lowest BCUT2D eigenvalue weighted by atomic mass is 9.89. The summed E-state index contributed by atoms with van der Waals surface area (Å²) in [5.74, 6) is -1.77. The summed E-state index contributed by atoms with van der Waals surface area (Å²) in [6.45, 7) is 1.28.